The highest BCUT2D eigenvalue weighted by Crippen LogP contribution is 2.54. The molecule has 0 N–H and O–H groups in total. The zero-order valence-corrected chi connectivity index (χ0v) is 17.5. The molecule has 2 aromatic rings. The van der Waals surface area contributed by atoms with Crippen molar-refractivity contribution < 1.29 is 8.95 Å². The van der Waals surface area contributed by atoms with Crippen LogP contribution in [0.1, 0.15) is 57.4 Å². The van der Waals surface area contributed by atoms with Crippen molar-refractivity contribution in [3.8, 4) is 0 Å². The van der Waals surface area contributed by atoms with Crippen LogP contribution >= 0.6 is 0 Å². The molecule has 1 aliphatic heterocycles. The Labute approximate surface area is 171 Å². The number of hydrogen-bond acceptors (Lipinski definition) is 2. The molecule has 2 aliphatic rings. The van der Waals surface area contributed by atoms with Gasteiger partial charge in [-0.2, -0.15) is 0 Å². The van der Waals surface area contributed by atoms with E-state index in [0.717, 1.165) is 30.6 Å². The second-order valence-corrected chi connectivity index (χ2v) is 9.78. The van der Waals surface area contributed by atoms with Crippen LogP contribution in [0.25, 0.3) is 6.08 Å². The van der Waals surface area contributed by atoms with Gasteiger partial charge in [0.25, 0.3) is 0 Å². The molecule has 0 amide bonds. The minimum atomic E-state index is -0.976. The predicted octanol–water partition coefficient (Wildman–Crippen LogP) is 6.15. The first-order valence-electron chi connectivity index (χ1n) is 10.6. The molecular weight excluding hydrogens is 364 g/mol. The van der Waals surface area contributed by atoms with Gasteiger partial charge in [-0.15, -0.1) is 0 Å². The van der Waals surface area contributed by atoms with Gasteiger partial charge in [0.2, 0.25) is 0 Å². The molecule has 1 unspecified atom stereocenters. The second kappa shape index (κ2) is 8.75. The van der Waals surface area contributed by atoms with Crippen LogP contribution in [-0.4, -0.2) is 21.2 Å². The van der Waals surface area contributed by atoms with Gasteiger partial charge in [-0.25, -0.2) is 0 Å². The van der Waals surface area contributed by atoms with E-state index in [1.54, 1.807) is 0 Å². The zero-order chi connectivity index (χ0) is 19.4. The number of unbranched alkanes of at least 4 members (excludes halogenated alkanes) is 2. The smallest absolute Gasteiger partial charge is 0.116 e. The molecule has 148 valence electrons. The fourth-order valence-corrected chi connectivity index (χ4v) is 6.02. The highest BCUT2D eigenvalue weighted by Gasteiger charge is 2.59. The Morgan fingerprint density at radius 2 is 1.75 bits per heavy atom. The van der Waals surface area contributed by atoms with E-state index in [9.17, 15) is 4.21 Å². The first kappa shape index (κ1) is 19.6. The van der Waals surface area contributed by atoms with Crippen LogP contribution < -0.4 is 0 Å². The molecule has 28 heavy (non-hydrogen) atoms. The number of rotatable bonds is 7. The maximum atomic E-state index is 13.3. The molecule has 3 heteroatoms. The molecule has 2 aromatic carbocycles. The Hall–Kier alpha value is -1.71. The summed E-state index contributed by atoms with van der Waals surface area (Å²) >= 11 is 0. The van der Waals surface area contributed by atoms with Gasteiger partial charge in [0.1, 0.15) is 5.60 Å². The summed E-state index contributed by atoms with van der Waals surface area (Å²) in [6.07, 6.45) is 10.2. The number of epoxide rings is 1. The first-order valence-corrected chi connectivity index (χ1v) is 11.8. The van der Waals surface area contributed by atoms with Crippen molar-refractivity contribution in [1.82, 2.24) is 0 Å². The number of hydrogen-bond donors (Lipinski definition) is 0. The van der Waals surface area contributed by atoms with Crippen molar-refractivity contribution in [2.24, 2.45) is 0 Å². The van der Waals surface area contributed by atoms with Crippen molar-refractivity contribution in [3.63, 3.8) is 0 Å². The molecule has 0 spiro atoms. The third-order valence-corrected chi connectivity index (χ3v) is 7.87. The minimum absolute atomic E-state index is 0.110. The van der Waals surface area contributed by atoms with Crippen molar-refractivity contribution in [2.75, 3.05) is 0 Å². The summed E-state index contributed by atoms with van der Waals surface area (Å²) < 4.78 is 19.6. The second-order valence-electron chi connectivity index (χ2n) is 8.05. The largest absolute Gasteiger partial charge is 0.361 e. The van der Waals surface area contributed by atoms with Crippen LogP contribution in [0.2, 0.25) is 0 Å². The summed E-state index contributed by atoms with van der Waals surface area (Å²) in [5, 5.41) is 0.164. The van der Waals surface area contributed by atoms with Crippen LogP contribution in [0.5, 0.6) is 0 Å². The Morgan fingerprint density at radius 3 is 2.46 bits per heavy atom. The molecular formula is C25H30O2S. The molecule has 4 rings (SSSR count). The highest BCUT2D eigenvalue weighted by molar-refractivity contribution is 7.85. The summed E-state index contributed by atoms with van der Waals surface area (Å²) in [5.74, 6) is 0. The topological polar surface area (TPSA) is 29.6 Å². The van der Waals surface area contributed by atoms with Gasteiger partial charge in [0.05, 0.1) is 16.9 Å². The lowest BCUT2D eigenvalue weighted by molar-refractivity contribution is 0.290. The van der Waals surface area contributed by atoms with Gasteiger partial charge in [-0.3, -0.25) is 4.21 Å². The maximum absolute atomic E-state index is 13.3. The molecule has 1 saturated heterocycles. The lowest BCUT2D eigenvalue weighted by Gasteiger charge is -2.20. The average Bonchev–Trinajstić information content (AvgIpc) is 3.46. The van der Waals surface area contributed by atoms with E-state index in [2.05, 4.69) is 43.3 Å². The lowest BCUT2D eigenvalue weighted by Crippen LogP contribution is -2.21. The first-order chi connectivity index (χ1) is 13.7. The van der Waals surface area contributed by atoms with Gasteiger partial charge < -0.3 is 4.74 Å². The van der Waals surface area contributed by atoms with Crippen molar-refractivity contribution in [1.29, 1.82) is 0 Å². The number of ether oxygens (including phenoxy) is 1. The molecule has 0 aromatic heterocycles. The van der Waals surface area contributed by atoms with Crippen molar-refractivity contribution in [2.45, 2.75) is 73.7 Å². The van der Waals surface area contributed by atoms with E-state index in [-0.39, 0.29) is 10.9 Å². The van der Waals surface area contributed by atoms with E-state index in [0.29, 0.717) is 6.10 Å². The van der Waals surface area contributed by atoms with Gasteiger partial charge in [0.15, 0.2) is 0 Å². The van der Waals surface area contributed by atoms with E-state index >= 15 is 0 Å². The molecule has 0 bridgehead atoms. The third-order valence-electron chi connectivity index (χ3n) is 6.13. The molecule has 2 nitrogen and oxygen atoms in total. The van der Waals surface area contributed by atoms with Crippen LogP contribution in [0.15, 0.2) is 71.1 Å². The van der Waals surface area contributed by atoms with Crippen LogP contribution in [-0.2, 0) is 15.5 Å². The van der Waals surface area contributed by atoms with E-state index < -0.39 is 10.8 Å². The standard InChI is InChI=1S/C25H30O2S/c1-2-3-10-17-25-21(18-20-11-6-4-7-12-20)19-23(15-16-24(25)27-25)28(26)22-13-8-5-9-14-22/h4-9,11-14,18,23-24H,2-3,10,15-17,19H2,1H3/b21-18+/t23-,24-,25+,28?/m0/s1. The molecule has 1 heterocycles. The van der Waals surface area contributed by atoms with Crippen molar-refractivity contribution in [3.05, 3.63) is 71.8 Å². The Bertz CT molecular complexity index is 830. The Balaban J connectivity index is 1.62. The minimum Gasteiger partial charge on any atom is -0.361 e. The summed E-state index contributed by atoms with van der Waals surface area (Å²) in [6, 6.07) is 20.5. The monoisotopic (exact) mass is 394 g/mol. The Kier molecular flexibility index (Phi) is 6.13. The van der Waals surface area contributed by atoms with Crippen LogP contribution in [0.4, 0.5) is 0 Å². The predicted molar refractivity (Wildman–Crippen MR) is 117 cm³/mol. The van der Waals surface area contributed by atoms with Gasteiger partial charge in [-0.05, 0) is 49.0 Å². The molecule has 0 radical (unpaired) electrons. The molecule has 1 aliphatic carbocycles. The fraction of sp³-hybridized carbons (Fsp3) is 0.440. The quantitative estimate of drug-likeness (QED) is 0.416. The summed E-state index contributed by atoms with van der Waals surface area (Å²) in [7, 11) is -0.976. The number of benzene rings is 2. The van der Waals surface area contributed by atoms with Crippen LogP contribution in [0.3, 0.4) is 0 Å². The van der Waals surface area contributed by atoms with E-state index in [4.69, 9.17) is 4.74 Å². The Morgan fingerprint density at radius 1 is 1.04 bits per heavy atom. The van der Waals surface area contributed by atoms with Crippen molar-refractivity contribution >= 4 is 16.9 Å². The fourth-order valence-electron chi connectivity index (χ4n) is 4.53. The van der Waals surface area contributed by atoms with E-state index in [1.165, 1.54) is 30.4 Å². The lowest BCUT2D eigenvalue weighted by atomic mass is 9.87. The SMILES string of the molecule is CCCCC[C@]12O[C@H]1CC[C@H](S(=O)c1ccccc1)C/C2=C\c1ccccc1. The molecule has 2 fully saturated rings. The highest BCUT2D eigenvalue weighted by atomic mass is 32.2. The number of fused-ring (bicyclic) bond motifs is 1. The van der Waals surface area contributed by atoms with Gasteiger partial charge >= 0.3 is 0 Å². The van der Waals surface area contributed by atoms with Gasteiger partial charge in [0, 0.05) is 10.1 Å². The average molecular weight is 395 g/mol. The van der Waals surface area contributed by atoms with Crippen LogP contribution in [0, 0.1) is 0 Å². The summed E-state index contributed by atoms with van der Waals surface area (Å²) in [5.41, 5.74) is 2.46. The van der Waals surface area contributed by atoms with E-state index in [1.807, 2.05) is 30.3 Å². The normalized spacial score (nSPS) is 29.1. The zero-order valence-electron chi connectivity index (χ0n) is 16.7. The third kappa shape index (κ3) is 4.16. The summed E-state index contributed by atoms with van der Waals surface area (Å²) in [6.45, 7) is 2.25. The maximum Gasteiger partial charge on any atom is 0.116 e. The molecule has 1 saturated carbocycles. The summed E-state index contributed by atoms with van der Waals surface area (Å²) in [4.78, 5) is 0.947. The van der Waals surface area contributed by atoms with Gasteiger partial charge in [-0.1, -0.05) is 80.8 Å². The molecule has 4 atom stereocenters.